The fraction of sp³-hybridized carbons (Fsp3) is 0.944. The molecule has 0 amide bonds. The molecule has 260 valence electrons. The van der Waals surface area contributed by atoms with E-state index in [2.05, 4.69) is 47.6 Å². The molecule has 0 aromatic rings. The molecule has 1 aliphatic heterocycles. The van der Waals surface area contributed by atoms with Crippen molar-refractivity contribution in [1.82, 2.24) is 0 Å². The van der Waals surface area contributed by atoms with Gasteiger partial charge in [0.25, 0.3) is 0 Å². The van der Waals surface area contributed by atoms with Crippen LogP contribution in [-0.2, 0) is 9.47 Å². The lowest BCUT2D eigenvalue weighted by molar-refractivity contribution is -0.320. The lowest BCUT2D eigenvalue weighted by atomic mass is 9.38. The first-order chi connectivity index (χ1) is 20.7. The average molecular weight is 639 g/mol. The molecule has 0 bridgehead atoms. The molecule has 3 saturated carbocycles. The summed E-state index contributed by atoms with van der Waals surface area (Å²) in [4.78, 5) is 0. The van der Waals surface area contributed by atoms with Gasteiger partial charge in [-0.1, -0.05) is 53.2 Å². The highest BCUT2D eigenvalue weighted by Gasteiger charge is 2.70. The second kappa shape index (κ2) is 12.1. The van der Waals surface area contributed by atoms with Gasteiger partial charge in [0.05, 0.1) is 30.5 Å². The standard InChI is InChI=1S/C36H62O9/c1-19(9-13-25(38)33(4,5)43)20-15-16-34(6)24-12-10-21-22(36(24,8)26(39)17-35(20,34)7)11-14-27(32(21,2)3)45-31-30(42)29(41)28(40)23(18-37)44-31/h10,19-20,22-31,37-43H,9,11-18H2,1-8H3. The summed E-state index contributed by atoms with van der Waals surface area (Å²) in [7, 11) is 0. The molecule has 1 heterocycles. The molecule has 45 heavy (non-hydrogen) atoms. The Bertz CT molecular complexity index is 1100. The van der Waals surface area contributed by atoms with E-state index in [0.717, 1.165) is 38.5 Å². The van der Waals surface area contributed by atoms with Crippen molar-refractivity contribution in [2.24, 2.45) is 45.3 Å². The molecule has 15 atom stereocenters. The quantitative estimate of drug-likeness (QED) is 0.198. The molecular formula is C36H62O9. The van der Waals surface area contributed by atoms with Gasteiger partial charge in [-0.15, -0.1) is 0 Å². The molecule has 4 fully saturated rings. The molecule has 7 N–H and O–H groups in total. The van der Waals surface area contributed by atoms with E-state index in [1.807, 2.05) is 0 Å². The minimum absolute atomic E-state index is 0.0417. The Labute approximate surface area is 270 Å². The summed E-state index contributed by atoms with van der Waals surface area (Å²) >= 11 is 0. The van der Waals surface area contributed by atoms with E-state index in [9.17, 15) is 35.7 Å². The highest BCUT2D eigenvalue weighted by molar-refractivity contribution is 5.31. The normalized spacial score (nSPS) is 49.4. The number of fused-ring (bicyclic) bond motifs is 5. The molecule has 0 spiro atoms. The maximum atomic E-state index is 12.2. The van der Waals surface area contributed by atoms with Crippen LogP contribution in [0.1, 0.15) is 107 Å². The predicted octanol–water partition coefficient (Wildman–Crippen LogP) is 3.30. The minimum Gasteiger partial charge on any atom is -0.394 e. The van der Waals surface area contributed by atoms with E-state index in [4.69, 9.17) is 9.47 Å². The summed E-state index contributed by atoms with van der Waals surface area (Å²) in [6.07, 6.45) is 1.08. The number of aliphatic hydroxyl groups excluding tert-OH is 6. The van der Waals surface area contributed by atoms with Crippen LogP contribution in [0, 0.1) is 45.3 Å². The van der Waals surface area contributed by atoms with Crippen molar-refractivity contribution in [2.45, 2.75) is 161 Å². The summed E-state index contributed by atoms with van der Waals surface area (Å²) in [5, 5.41) is 73.9. The maximum absolute atomic E-state index is 12.2. The van der Waals surface area contributed by atoms with Crippen molar-refractivity contribution in [2.75, 3.05) is 6.61 Å². The third kappa shape index (κ3) is 5.48. The minimum atomic E-state index is -1.48. The number of ether oxygens (including phenoxy) is 2. The predicted molar refractivity (Wildman–Crippen MR) is 170 cm³/mol. The Morgan fingerprint density at radius 2 is 1.62 bits per heavy atom. The molecule has 0 aromatic heterocycles. The monoisotopic (exact) mass is 638 g/mol. The second-order valence-corrected chi connectivity index (χ2v) is 17.4. The van der Waals surface area contributed by atoms with Crippen LogP contribution in [0.2, 0.25) is 0 Å². The van der Waals surface area contributed by atoms with Gasteiger partial charge in [-0.3, -0.25) is 0 Å². The Morgan fingerprint density at radius 3 is 2.24 bits per heavy atom. The molecule has 5 aliphatic rings. The molecule has 0 aromatic carbocycles. The first kappa shape index (κ1) is 35.7. The Hall–Kier alpha value is -0.620. The summed E-state index contributed by atoms with van der Waals surface area (Å²) < 4.78 is 12.1. The lowest BCUT2D eigenvalue weighted by Crippen LogP contribution is -2.65. The van der Waals surface area contributed by atoms with Crippen LogP contribution >= 0.6 is 0 Å². The van der Waals surface area contributed by atoms with Gasteiger partial charge >= 0.3 is 0 Å². The molecular weight excluding hydrogens is 576 g/mol. The first-order valence-electron chi connectivity index (χ1n) is 17.5. The topological polar surface area (TPSA) is 160 Å². The zero-order valence-electron chi connectivity index (χ0n) is 28.8. The summed E-state index contributed by atoms with van der Waals surface area (Å²) in [6.45, 7) is 16.6. The second-order valence-electron chi connectivity index (χ2n) is 17.4. The number of aliphatic hydroxyl groups is 7. The average Bonchev–Trinajstić information content (AvgIpc) is 3.23. The fourth-order valence-electron chi connectivity index (χ4n) is 11.2. The summed E-state index contributed by atoms with van der Waals surface area (Å²) in [6, 6.07) is 0. The summed E-state index contributed by atoms with van der Waals surface area (Å²) in [5.41, 5.74) is -0.568. The Morgan fingerprint density at radius 1 is 0.956 bits per heavy atom. The van der Waals surface area contributed by atoms with Crippen LogP contribution < -0.4 is 0 Å². The third-order valence-electron chi connectivity index (χ3n) is 14.5. The summed E-state index contributed by atoms with van der Waals surface area (Å²) in [5.74, 6) is 1.29. The third-order valence-corrected chi connectivity index (χ3v) is 14.5. The van der Waals surface area contributed by atoms with Crippen LogP contribution in [0.3, 0.4) is 0 Å². The molecule has 4 aliphatic carbocycles. The van der Waals surface area contributed by atoms with Crippen molar-refractivity contribution in [1.29, 1.82) is 0 Å². The van der Waals surface area contributed by atoms with E-state index in [1.54, 1.807) is 13.8 Å². The maximum Gasteiger partial charge on any atom is 0.187 e. The van der Waals surface area contributed by atoms with Crippen LogP contribution in [0.5, 0.6) is 0 Å². The van der Waals surface area contributed by atoms with Crippen LogP contribution in [0.15, 0.2) is 11.6 Å². The van der Waals surface area contributed by atoms with Gasteiger partial charge < -0.3 is 45.2 Å². The van der Waals surface area contributed by atoms with Gasteiger partial charge in [-0.2, -0.15) is 0 Å². The zero-order valence-corrected chi connectivity index (χ0v) is 28.8. The molecule has 5 rings (SSSR count). The van der Waals surface area contributed by atoms with Gasteiger partial charge in [-0.05, 0) is 99.7 Å². The van der Waals surface area contributed by atoms with Crippen LogP contribution in [-0.4, -0.2) is 97.0 Å². The number of hydrogen-bond donors (Lipinski definition) is 7. The van der Waals surface area contributed by atoms with E-state index < -0.39 is 60.5 Å². The Kier molecular flexibility index (Phi) is 9.56. The van der Waals surface area contributed by atoms with Gasteiger partial charge in [0, 0.05) is 10.8 Å². The van der Waals surface area contributed by atoms with E-state index in [1.165, 1.54) is 5.57 Å². The van der Waals surface area contributed by atoms with Gasteiger partial charge in [-0.25, -0.2) is 0 Å². The van der Waals surface area contributed by atoms with Gasteiger partial charge in [0.15, 0.2) is 6.29 Å². The Balaban J connectivity index is 1.37. The van der Waals surface area contributed by atoms with Gasteiger partial charge in [0.1, 0.15) is 24.4 Å². The SMILES string of the molecule is CC(CCC(O)C(C)(C)O)C1CCC2(C)C3CC=C4C(CCC(OC5OC(CO)C(O)C(O)C5O)C4(C)C)C3(C)C(O)CC12C. The molecule has 0 radical (unpaired) electrons. The largest absolute Gasteiger partial charge is 0.394 e. The molecule has 9 nitrogen and oxygen atoms in total. The highest BCUT2D eigenvalue weighted by Crippen LogP contribution is 2.75. The first-order valence-corrected chi connectivity index (χ1v) is 17.5. The van der Waals surface area contributed by atoms with Crippen molar-refractivity contribution in [3.8, 4) is 0 Å². The fourth-order valence-corrected chi connectivity index (χ4v) is 11.2. The van der Waals surface area contributed by atoms with Crippen molar-refractivity contribution in [3.63, 3.8) is 0 Å². The van der Waals surface area contributed by atoms with Gasteiger partial charge in [0.2, 0.25) is 0 Å². The zero-order chi connectivity index (χ0) is 33.5. The smallest absolute Gasteiger partial charge is 0.187 e. The molecule has 1 saturated heterocycles. The van der Waals surface area contributed by atoms with Crippen molar-refractivity contribution < 1.29 is 45.2 Å². The molecule has 9 heteroatoms. The van der Waals surface area contributed by atoms with E-state index in [0.29, 0.717) is 30.6 Å². The van der Waals surface area contributed by atoms with Crippen LogP contribution in [0.4, 0.5) is 0 Å². The highest BCUT2D eigenvalue weighted by atomic mass is 16.7. The van der Waals surface area contributed by atoms with Crippen molar-refractivity contribution in [3.05, 3.63) is 11.6 Å². The number of allylic oxidation sites excluding steroid dienone is 1. The number of rotatable bonds is 8. The van der Waals surface area contributed by atoms with Crippen molar-refractivity contribution >= 4 is 0 Å². The molecule has 15 unspecified atom stereocenters. The number of hydrogen-bond acceptors (Lipinski definition) is 9. The lowest BCUT2D eigenvalue weighted by Gasteiger charge is -2.67. The van der Waals surface area contributed by atoms with E-state index in [-0.39, 0.29) is 28.3 Å². The van der Waals surface area contributed by atoms with E-state index >= 15 is 0 Å². The van der Waals surface area contributed by atoms with Crippen LogP contribution in [0.25, 0.3) is 0 Å².